The van der Waals surface area contributed by atoms with Crippen molar-refractivity contribution in [3.05, 3.63) is 71.9 Å². The molecule has 3 unspecified atom stereocenters. The lowest BCUT2D eigenvalue weighted by Crippen LogP contribution is -2.57. The number of aliphatic carboxylic acids is 1. The molecule has 7 N–H and O–H groups in total. The second-order valence-corrected chi connectivity index (χ2v) is 8.59. The molecule has 190 valence electrons. The number of hydrogen-bond acceptors (Lipinski definition) is 6. The molecule has 3 amide bonds. The van der Waals surface area contributed by atoms with Gasteiger partial charge in [0.15, 0.2) is 0 Å². The van der Waals surface area contributed by atoms with Gasteiger partial charge in [-0.05, 0) is 17.2 Å². The molecule has 11 heteroatoms. The average molecular weight is 512 g/mol. The van der Waals surface area contributed by atoms with Crippen molar-refractivity contribution in [2.75, 3.05) is 12.3 Å². The molecule has 0 saturated heterocycles. The first-order valence-electron chi connectivity index (χ1n) is 11.3. The number of thiol groups is 1. The molecule has 3 atom stereocenters. The Labute approximate surface area is 213 Å². The van der Waals surface area contributed by atoms with Crippen molar-refractivity contribution in [2.24, 2.45) is 5.73 Å². The number of carbonyl (C=O) groups excluding carboxylic acids is 3. The number of aromatic amines is 1. The largest absolute Gasteiger partial charge is 0.480 e. The molecule has 0 bridgehead atoms. The van der Waals surface area contributed by atoms with E-state index in [-0.39, 0.29) is 25.1 Å². The van der Waals surface area contributed by atoms with Crippen LogP contribution in [0, 0.1) is 0 Å². The Bertz CT molecular complexity index is 1220. The van der Waals surface area contributed by atoms with Crippen LogP contribution in [0.25, 0.3) is 10.9 Å². The van der Waals surface area contributed by atoms with E-state index in [0.717, 1.165) is 22.0 Å². The molecule has 0 aliphatic heterocycles. The van der Waals surface area contributed by atoms with Gasteiger partial charge in [0.1, 0.15) is 18.1 Å². The van der Waals surface area contributed by atoms with Crippen LogP contribution in [0.2, 0.25) is 0 Å². The normalized spacial score (nSPS) is 13.4. The summed E-state index contributed by atoms with van der Waals surface area (Å²) in [5.74, 6) is -3.17. The smallest absolute Gasteiger partial charge is 0.327 e. The Hall–Kier alpha value is -3.83. The van der Waals surface area contributed by atoms with Crippen LogP contribution < -0.4 is 21.7 Å². The summed E-state index contributed by atoms with van der Waals surface area (Å²) in [6.07, 6.45) is 2.00. The van der Waals surface area contributed by atoms with E-state index < -0.39 is 41.8 Å². The van der Waals surface area contributed by atoms with Gasteiger partial charge in [-0.15, -0.1) is 0 Å². The highest BCUT2D eigenvalue weighted by Crippen LogP contribution is 2.19. The number of nitrogens with two attached hydrogens (primary N) is 1. The monoisotopic (exact) mass is 511 g/mol. The fourth-order valence-corrected chi connectivity index (χ4v) is 4.02. The van der Waals surface area contributed by atoms with Gasteiger partial charge in [0.2, 0.25) is 17.7 Å². The number of carboxylic acid groups (broad SMARTS) is 1. The maximum Gasteiger partial charge on any atom is 0.327 e. The number of hydrogen-bond donors (Lipinski definition) is 7. The molecule has 0 spiro atoms. The van der Waals surface area contributed by atoms with Crippen molar-refractivity contribution in [1.29, 1.82) is 0 Å². The summed E-state index contributed by atoms with van der Waals surface area (Å²) in [4.78, 5) is 53.0. The van der Waals surface area contributed by atoms with Crippen LogP contribution in [-0.4, -0.2) is 64.2 Å². The molecule has 1 aromatic heterocycles. The summed E-state index contributed by atoms with van der Waals surface area (Å²) in [7, 11) is 0. The molecule has 0 radical (unpaired) electrons. The minimum atomic E-state index is -1.24. The Morgan fingerprint density at radius 3 is 2.11 bits per heavy atom. The van der Waals surface area contributed by atoms with Gasteiger partial charge in [-0.2, -0.15) is 12.6 Å². The zero-order valence-electron chi connectivity index (χ0n) is 19.4. The minimum absolute atomic E-state index is 0.0867. The van der Waals surface area contributed by atoms with Crippen LogP contribution in [0.15, 0.2) is 60.8 Å². The van der Waals surface area contributed by atoms with E-state index in [1.54, 1.807) is 6.20 Å². The van der Waals surface area contributed by atoms with Crippen LogP contribution in [0.1, 0.15) is 11.1 Å². The molecule has 36 heavy (non-hydrogen) atoms. The lowest BCUT2D eigenvalue weighted by atomic mass is 10.0. The molecular formula is C25H29N5O5S. The first-order chi connectivity index (χ1) is 17.3. The third-order valence-electron chi connectivity index (χ3n) is 5.65. The molecule has 0 aliphatic carbocycles. The third-order valence-corrected chi connectivity index (χ3v) is 6.01. The van der Waals surface area contributed by atoms with E-state index in [4.69, 9.17) is 5.73 Å². The number of carbonyl (C=O) groups is 4. The molecule has 3 rings (SSSR count). The quantitative estimate of drug-likeness (QED) is 0.174. The second-order valence-electron chi connectivity index (χ2n) is 8.22. The Balaban J connectivity index is 1.86. The van der Waals surface area contributed by atoms with Gasteiger partial charge < -0.3 is 31.8 Å². The zero-order valence-corrected chi connectivity index (χ0v) is 20.3. The Kier molecular flexibility index (Phi) is 9.48. The Morgan fingerprint density at radius 2 is 1.47 bits per heavy atom. The molecule has 0 fully saturated rings. The summed E-state index contributed by atoms with van der Waals surface area (Å²) in [5.41, 5.74) is 7.84. The van der Waals surface area contributed by atoms with E-state index in [1.807, 2.05) is 54.6 Å². The number of H-pyrrole nitrogens is 1. The number of fused-ring (bicyclic) bond motifs is 1. The number of para-hydroxylation sites is 1. The van der Waals surface area contributed by atoms with Crippen molar-refractivity contribution >= 4 is 47.2 Å². The number of amides is 3. The topological polar surface area (TPSA) is 166 Å². The first kappa shape index (κ1) is 26.8. The van der Waals surface area contributed by atoms with Gasteiger partial charge in [-0.1, -0.05) is 48.5 Å². The highest BCUT2D eigenvalue weighted by atomic mass is 32.1. The van der Waals surface area contributed by atoms with Crippen LogP contribution >= 0.6 is 12.6 Å². The van der Waals surface area contributed by atoms with E-state index in [2.05, 4.69) is 33.6 Å². The zero-order chi connectivity index (χ0) is 26.1. The minimum Gasteiger partial charge on any atom is -0.480 e. The van der Waals surface area contributed by atoms with Crippen LogP contribution in [0.3, 0.4) is 0 Å². The lowest BCUT2D eigenvalue weighted by Gasteiger charge is -2.24. The molecule has 2 aromatic carbocycles. The highest BCUT2D eigenvalue weighted by Gasteiger charge is 2.30. The Morgan fingerprint density at radius 1 is 0.861 bits per heavy atom. The molecule has 0 aliphatic rings. The molecule has 0 saturated carbocycles. The number of rotatable bonds is 12. The van der Waals surface area contributed by atoms with Crippen molar-refractivity contribution in [3.8, 4) is 0 Å². The second kappa shape index (κ2) is 12.8. The number of carboxylic acids is 1. The molecule has 1 heterocycles. The summed E-state index contributed by atoms with van der Waals surface area (Å²) in [5, 5.41) is 17.9. The fraction of sp³-hybridized carbons (Fsp3) is 0.280. The predicted octanol–water partition coefficient (Wildman–Crippen LogP) is 0.381. The van der Waals surface area contributed by atoms with Crippen LogP contribution in [-0.2, 0) is 32.0 Å². The van der Waals surface area contributed by atoms with Gasteiger partial charge in [0.05, 0.1) is 6.54 Å². The number of aromatic nitrogens is 1. The average Bonchev–Trinajstić information content (AvgIpc) is 3.29. The lowest BCUT2D eigenvalue weighted by molar-refractivity contribution is -0.141. The van der Waals surface area contributed by atoms with Gasteiger partial charge in [-0.3, -0.25) is 14.4 Å². The van der Waals surface area contributed by atoms with E-state index in [0.29, 0.717) is 0 Å². The van der Waals surface area contributed by atoms with E-state index >= 15 is 0 Å². The third kappa shape index (κ3) is 7.09. The maximum absolute atomic E-state index is 13.3. The van der Waals surface area contributed by atoms with Crippen LogP contribution in [0.4, 0.5) is 0 Å². The molecule has 10 nitrogen and oxygen atoms in total. The van der Waals surface area contributed by atoms with Crippen LogP contribution in [0.5, 0.6) is 0 Å². The summed E-state index contributed by atoms with van der Waals surface area (Å²) in [6.45, 7) is -0.305. The van der Waals surface area contributed by atoms with Crippen molar-refractivity contribution in [2.45, 2.75) is 31.0 Å². The van der Waals surface area contributed by atoms with Crippen molar-refractivity contribution in [1.82, 2.24) is 20.9 Å². The number of benzene rings is 2. The summed E-state index contributed by atoms with van der Waals surface area (Å²) >= 11 is 3.99. The highest BCUT2D eigenvalue weighted by molar-refractivity contribution is 7.80. The SMILES string of the molecule is NCC(=O)NC(Cc1ccccc1)C(=O)NC(Cc1c[nH]c2ccccc12)C(=O)NC(CS)C(=O)O. The van der Waals surface area contributed by atoms with Gasteiger partial charge in [0.25, 0.3) is 0 Å². The summed E-state index contributed by atoms with van der Waals surface area (Å²) in [6, 6.07) is 13.2. The summed E-state index contributed by atoms with van der Waals surface area (Å²) < 4.78 is 0. The van der Waals surface area contributed by atoms with Gasteiger partial charge in [-0.25, -0.2) is 4.79 Å². The number of nitrogens with one attached hydrogen (secondary N) is 4. The van der Waals surface area contributed by atoms with E-state index in [1.165, 1.54) is 0 Å². The van der Waals surface area contributed by atoms with Crippen molar-refractivity contribution in [3.63, 3.8) is 0 Å². The standard InChI is InChI=1S/C25H29N5O5S/c26-12-22(31)28-19(10-15-6-2-1-3-7-15)23(32)29-20(24(33)30-21(14-36)25(34)35)11-16-13-27-18-9-5-4-8-17(16)18/h1-9,13,19-21,27,36H,10-12,14,26H2,(H,28,31)(H,29,32)(H,30,33)(H,34,35). The fourth-order valence-electron chi connectivity index (χ4n) is 3.77. The maximum atomic E-state index is 13.3. The molecular weight excluding hydrogens is 482 g/mol. The predicted molar refractivity (Wildman–Crippen MR) is 138 cm³/mol. The van der Waals surface area contributed by atoms with Gasteiger partial charge in [0, 0.05) is 35.7 Å². The molecule has 3 aromatic rings. The first-order valence-corrected chi connectivity index (χ1v) is 12.0. The van der Waals surface area contributed by atoms with E-state index in [9.17, 15) is 24.3 Å². The van der Waals surface area contributed by atoms with Gasteiger partial charge >= 0.3 is 5.97 Å². The van der Waals surface area contributed by atoms with Crippen molar-refractivity contribution < 1.29 is 24.3 Å².